The maximum atomic E-state index is 13.1. The lowest BCUT2D eigenvalue weighted by Gasteiger charge is -2.18. The second-order valence-corrected chi connectivity index (χ2v) is 6.66. The van der Waals surface area contributed by atoms with E-state index in [1.54, 1.807) is 0 Å². The highest BCUT2D eigenvalue weighted by molar-refractivity contribution is 7.22. The Morgan fingerprint density at radius 1 is 1.21 bits per heavy atom. The summed E-state index contributed by atoms with van der Waals surface area (Å²) in [5, 5.41) is 11.4. The van der Waals surface area contributed by atoms with Gasteiger partial charge in [0, 0.05) is 13.1 Å². The molecule has 0 spiro atoms. The quantitative estimate of drug-likeness (QED) is 0.670. The lowest BCUT2D eigenvalue weighted by molar-refractivity contribution is -0.136. The van der Waals surface area contributed by atoms with E-state index >= 15 is 0 Å². The number of carbonyl (C=O) groups excluding carboxylic acids is 1. The number of carbonyl (C=O) groups is 2. The van der Waals surface area contributed by atoms with Crippen LogP contribution in [0.3, 0.4) is 0 Å². The maximum Gasteiger partial charge on any atom is 0.418 e. The molecule has 2 aromatic heterocycles. The number of nitrogens with one attached hydrogen (secondary N) is 1. The molecule has 1 aromatic carbocycles. The van der Waals surface area contributed by atoms with Crippen LogP contribution in [0.15, 0.2) is 45.6 Å². The van der Waals surface area contributed by atoms with Gasteiger partial charge in [-0.25, -0.2) is 14.4 Å². The summed E-state index contributed by atoms with van der Waals surface area (Å²) in [6.07, 6.45) is -4.64. The number of alkyl halides is 3. The molecule has 2 heterocycles. The van der Waals surface area contributed by atoms with Gasteiger partial charge in [0.15, 0.2) is 5.58 Å². The Morgan fingerprint density at radius 2 is 1.89 bits per heavy atom. The molecular formula is C17H11F3N2O5S. The first-order valence-electron chi connectivity index (χ1n) is 7.60. The molecule has 2 amide bonds. The average Bonchev–Trinajstić information content (AvgIpc) is 3.02. The van der Waals surface area contributed by atoms with E-state index in [1.807, 2.05) is 0 Å². The minimum Gasteiger partial charge on any atom is -0.477 e. The van der Waals surface area contributed by atoms with E-state index in [1.165, 1.54) is 25.2 Å². The van der Waals surface area contributed by atoms with Crippen molar-refractivity contribution in [2.75, 3.05) is 17.3 Å². The van der Waals surface area contributed by atoms with Crippen LogP contribution in [-0.2, 0) is 6.18 Å². The third-order valence-electron chi connectivity index (χ3n) is 3.75. The van der Waals surface area contributed by atoms with Crippen molar-refractivity contribution in [2.45, 2.75) is 6.18 Å². The molecule has 0 bridgehead atoms. The van der Waals surface area contributed by atoms with Crippen LogP contribution in [0.1, 0.15) is 15.9 Å². The minimum atomic E-state index is -4.64. The second kappa shape index (κ2) is 7.00. The van der Waals surface area contributed by atoms with Crippen LogP contribution in [-0.4, -0.2) is 24.2 Å². The molecule has 0 aliphatic carbocycles. The molecule has 0 saturated heterocycles. The Bertz CT molecular complexity index is 1140. The first kappa shape index (κ1) is 19.4. The van der Waals surface area contributed by atoms with Crippen LogP contribution in [0.5, 0.6) is 0 Å². The van der Waals surface area contributed by atoms with E-state index in [0.29, 0.717) is 4.70 Å². The Kier molecular flexibility index (Phi) is 4.86. The van der Waals surface area contributed by atoms with Crippen LogP contribution < -0.4 is 15.8 Å². The van der Waals surface area contributed by atoms with Gasteiger partial charge in [-0.15, -0.1) is 11.3 Å². The fraction of sp³-hybridized carbons (Fsp3) is 0.118. The molecule has 3 aromatic rings. The number of hydrogen-bond acceptors (Lipinski definition) is 5. The predicted octanol–water partition coefficient (Wildman–Crippen LogP) is 4.24. The minimum absolute atomic E-state index is 0.0605. The lowest BCUT2D eigenvalue weighted by Crippen LogP contribution is -2.31. The van der Waals surface area contributed by atoms with Crippen molar-refractivity contribution < 1.29 is 32.3 Å². The number of carboxylic acid groups (broad SMARTS) is 1. The van der Waals surface area contributed by atoms with Gasteiger partial charge in [-0.2, -0.15) is 13.2 Å². The molecule has 2 N–H and O–H groups in total. The van der Waals surface area contributed by atoms with Crippen molar-refractivity contribution >= 4 is 44.3 Å². The highest BCUT2D eigenvalue weighted by atomic mass is 32.1. The fourth-order valence-electron chi connectivity index (χ4n) is 2.35. The number of halogens is 3. The van der Waals surface area contributed by atoms with Gasteiger partial charge >= 0.3 is 23.8 Å². The monoisotopic (exact) mass is 412 g/mol. The van der Waals surface area contributed by atoms with Crippen molar-refractivity contribution in [3.63, 3.8) is 0 Å². The summed E-state index contributed by atoms with van der Waals surface area (Å²) in [6, 6.07) is 6.10. The van der Waals surface area contributed by atoms with Crippen LogP contribution in [0.2, 0.25) is 0 Å². The molecular weight excluding hydrogens is 401 g/mol. The highest BCUT2D eigenvalue weighted by Gasteiger charge is 2.34. The first-order valence-corrected chi connectivity index (χ1v) is 8.41. The SMILES string of the molecule is CN(C(=O)Nc1ccccc1C(F)(F)F)c1cc2oc(=O)c(C(=O)O)cc2s1. The topological polar surface area (TPSA) is 99.9 Å². The Labute approximate surface area is 158 Å². The number of amides is 2. The second-order valence-electron chi connectivity index (χ2n) is 5.60. The summed E-state index contributed by atoms with van der Waals surface area (Å²) >= 11 is 0.941. The van der Waals surface area contributed by atoms with E-state index in [2.05, 4.69) is 5.32 Å². The number of rotatable bonds is 3. The van der Waals surface area contributed by atoms with Crippen molar-refractivity contribution in [1.82, 2.24) is 0 Å². The number of aromatic carboxylic acids is 1. The molecule has 0 saturated carbocycles. The van der Waals surface area contributed by atoms with Crippen LogP contribution in [0, 0.1) is 0 Å². The standard InChI is InChI=1S/C17H11F3N2O5S/c1-22(16(26)21-10-5-3-2-4-9(10)17(18,19)20)13-7-11-12(28-13)6-8(14(23)24)15(25)27-11/h2-7H,1H3,(H,21,26)(H,23,24). The average molecular weight is 412 g/mol. The molecule has 0 aliphatic heterocycles. The summed E-state index contributed by atoms with van der Waals surface area (Å²) in [5.41, 5.74) is -2.95. The summed E-state index contributed by atoms with van der Waals surface area (Å²) in [5.74, 6) is -1.46. The molecule has 3 rings (SSSR count). The molecule has 11 heteroatoms. The third kappa shape index (κ3) is 3.69. The molecule has 0 atom stereocenters. The van der Waals surface area contributed by atoms with Gasteiger partial charge in [-0.3, -0.25) is 4.90 Å². The number of fused-ring (bicyclic) bond motifs is 1. The summed E-state index contributed by atoms with van der Waals surface area (Å²) in [6.45, 7) is 0. The van der Waals surface area contributed by atoms with Crippen molar-refractivity contribution in [3.8, 4) is 0 Å². The maximum absolute atomic E-state index is 13.1. The van der Waals surface area contributed by atoms with Gasteiger partial charge in [-0.05, 0) is 18.2 Å². The molecule has 0 aliphatic rings. The van der Waals surface area contributed by atoms with Crippen LogP contribution in [0.4, 0.5) is 28.7 Å². The molecule has 7 nitrogen and oxygen atoms in total. The molecule has 28 heavy (non-hydrogen) atoms. The lowest BCUT2D eigenvalue weighted by atomic mass is 10.1. The zero-order valence-corrected chi connectivity index (χ0v) is 14.9. The highest BCUT2D eigenvalue weighted by Crippen LogP contribution is 2.35. The van der Waals surface area contributed by atoms with Gasteiger partial charge in [0.2, 0.25) is 0 Å². The number of carboxylic acids is 1. The van der Waals surface area contributed by atoms with E-state index in [9.17, 15) is 27.6 Å². The summed E-state index contributed by atoms with van der Waals surface area (Å²) < 4.78 is 44.4. The van der Waals surface area contributed by atoms with Gasteiger partial charge < -0.3 is 14.8 Å². The van der Waals surface area contributed by atoms with Gasteiger partial charge in [0.05, 0.1) is 16.0 Å². The van der Waals surface area contributed by atoms with E-state index < -0.39 is 40.6 Å². The van der Waals surface area contributed by atoms with Crippen molar-refractivity contribution in [2.24, 2.45) is 0 Å². The van der Waals surface area contributed by atoms with Gasteiger partial charge in [0.25, 0.3) is 0 Å². The summed E-state index contributed by atoms with van der Waals surface area (Å²) in [7, 11) is 1.31. The Balaban J connectivity index is 1.90. The predicted molar refractivity (Wildman–Crippen MR) is 96.2 cm³/mol. The Morgan fingerprint density at radius 3 is 2.54 bits per heavy atom. The van der Waals surface area contributed by atoms with Gasteiger partial charge in [0.1, 0.15) is 10.6 Å². The zero-order valence-electron chi connectivity index (χ0n) is 14.0. The van der Waals surface area contributed by atoms with E-state index in [0.717, 1.165) is 34.4 Å². The third-order valence-corrected chi connectivity index (χ3v) is 4.89. The normalized spacial score (nSPS) is 11.4. The number of hydrogen-bond donors (Lipinski definition) is 2. The zero-order chi connectivity index (χ0) is 20.6. The Hall–Kier alpha value is -3.34. The number of anilines is 2. The smallest absolute Gasteiger partial charge is 0.418 e. The number of urea groups is 1. The number of nitrogens with zero attached hydrogens (tertiary/aromatic N) is 1. The first-order chi connectivity index (χ1) is 13.1. The number of thiophene rings is 1. The summed E-state index contributed by atoms with van der Waals surface area (Å²) in [4.78, 5) is 36.0. The van der Waals surface area contributed by atoms with E-state index in [4.69, 9.17) is 9.52 Å². The van der Waals surface area contributed by atoms with Crippen molar-refractivity contribution in [1.29, 1.82) is 0 Å². The fourth-order valence-corrected chi connectivity index (χ4v) is 3.34. The molecule has 0 fully saturated rings. The van der Waals surface area contributed by atoms with Gasteiger partial charge in [-0.1, -0.05) is 12.1 Å². The van der Waals surface area contributed by atoms with E-state index in [-0.39, 0.29) is 10.6 Å². The van der Waals surface area contributed by atoms with Crippen LogP contribution >= 0.6 is 11.3 Å². The number of para-hydroxylation sites is 1. The largest absolute Gasteiger partial charge is 0.477 e. The van der Waals surface area contributed by atoms with Crippen LogP contribution in [0.25, 0.3) is 10.3 Å². The molecule has 146 valence electrons. The molecule has 0 unspecified atom stereocenters. The van der Waals surface area contributed by atoms with Crippen molar-refractivity contribution in [3.05, 3.63) is 57.9 Å². The molecule has 0 radical (unpaired) electrons. The number of benzene rings is 1.